The van der Waals surface area contributed by atoms with Gasteiger partial charge in [0.2, 0.25) is 0 Å². The molecular weight excluding hydrogens is 637 g/mol. The molecule has 7 fully saturated rings. The van der Waals surface area contributed by atoms with Crippen LogP contribution >= 0.6 is 11.3 Å². The van der Waals surface area contributed by atoms with Crippen molar-refractivity contribution < 1.29 is 29.2 Å². The highest BCUT2D eigenvalue weighted by atomic mass is 32.1. The largest absolute Gasteiger partial charge is 0.390 e. The zero-order valence-electron chi connectivity index (χ0n) is 31.5. The van der Waals surface area contributed by atoms with Crippen LogP contribution in [0.2, 0.25) is 0 Å². The Morgan fingerprint density at radius 3 is 2.57 bits per heavy atom. The SMILES string of the molecule is CCO[C@@H]([C@H]1C[C@@H](C)[C@H]2[C@H](O1)[C@H](O)[C@@]1(C)[C@@H]3CC[C@H]4C(C)(C)[C@@H](O[C@H]5CN(Cc6cncs6)CCO5)CCC45C[C@@]35CC[C@]21C)C(C)(C)O. The predicted octanol–water partition coefficient (Wildman–Crippen LogP) is 6.68. The Morgan fingerprint density at radius 2 is 1.86 bits per heavy atom. The van der Waals surface area contributed by atoms with Crippen molar-refractivity contribution in [2.45, 2.75) is 156 Å². The molecule has 5 aliphatic carbocycles. The van der Waals surface area contributed by atoms with Gasteiger partial charge in [-0.1, -0.05) is 34.6 Å². The minimum Gasteiger partial charge on any atom is -0.390 e. The van der Waals surface area contributed by atoms with E-state index in [9.17, 15) is 10.2 Å². The maximum absolute atomic E-state index is 12.6. The highest BCUT2D eigenvalue weighted by Crippen LogP contribution is 2.89. The second-order valence-electron chi connectivity index (χ2n) is 19.2. The average molecular weight is 701 g/mol. The maximum Gasteiger partial charge on any atom is 0.170 e. The molecular formula is C40H64N2O6S. The Labute approximate surface area is 299 Å². The fraction of sp³-hybridized carbons (Fsp3) is 0.925. The van der Waals surface area contributed by atoms with Crippen LogP contribution in [0.25, 0.3) is 0 Å². The normalized spacial score (nSPS) is 49.6. The summed E-state index contributed by atoms with van der Waals surface area (Å²) in [6.45, 7) is 21.9. The number of rotatable bonds is 8. The van der Waals surface area contributed by atoms with Crippen molar-refractivity contribution in [3.05, 3.63) is 16.6 Å². The fourth-order valence-corrected chi connectivity index (χ4v) is 15.0. The van der Waals surface area contributed by atoms with Gasteiger partial charge in [0.05, 0.1) is 42.1 Å². The second kappa shape index (κ2) is 11.9. The number of hydrogen-bond acceptors (Lipinski definition) is 9. The van der Waals surface area contributed by atoms with Gasteiger partial charge in [0.15, 0.2) is 6.29 Å². The summed E-state index contributed by atoms with van der Waals surface area (Å²) >= 11 is 1.72. The first-order valence-corrected chi connectivity index (χ1v) is 20.5. The van der Waals surface area contributed by atoms with Crippen LogP contribution in [0.3, 0.4) is 0 Å². The molecule has 9 heteroatoms. The molecule has 1 unspecified atom stereocenters. The predicted molar refractivity (Wildman–Crippen MR) is 190 cm³/mol. The standard InChI is InChI=1S/C40H64N2O6S/c1-9-45-34(36(5,6)44)26-18-24(2)31-32(47-26)33(43)38(8)28-11-10-27-35(3,4)29(12-13-39(27)22-40(28,39)15-14-37(31,38)7)48-30-21-42(16-17-46-30)20-25-19-41-23-49-25/h19,23-24,26-34,43-44H,9-18,20-22H2,1-8H3/t24-,26-,27+,28+,29+,30+,31+,32+,33+,34+,37-,38-,39?,40+/m1/s1. The molecule has 5 saturated carbocycles. The van der Waals surface area contributed by atoms with Gasteiger partial charge in [-0.15, -0.1) is 11.3 Å². The first kappa shape index (κ1) is 35.4. The van der Waals surface area contributed by atoms with E-state index in [0.29, 0.717) is 47.7 Å². The van der Waals surface area contributed by atoms with Crippen LogP contribution < -0.4 is 0 Å². The molecule has 1 aromatic heterocycles. The number of aliphatic hydroxyl groups excluding tert-OH is 1. The van der Waals surface area contributed by atoms with Crippen molar-refractivity contribution in [3.63, 3.8) is 0 Å². The lowest BCUT2D eigenvalue weighted by molar-refractivity contribution is -0.249. The Hall–Kier alpha value is -0.650. The smallest absolute Gasteiger partial charge is 0.170 e. The molecule has 8 rings (SSSR count). The number of aromatic nitrogens is 1. The first-order chi connectivity index (χ1) is 23.1. The van der Waals surface area contributed by atoms with E-state index < -0.39 is 17.8 Å². The highest BCUT2D eigenvalue weighted by molar-refractivity contribution is 7.09. The van der Waals surface area contributed by atoms with Crippen LogP contribution in [-0.4, -0.2) is 88.8 Å². The van der Waals surface area contributed by atoms with Gasteiger partial charge < -0.3 is 29.2 Å². The van der Waals surface area contributed by atoms with Crippen LogP contribution in [-0.2, 0) is 25.5 Å². The third-order valence-electron chi connectivity index (χ3n) is 16.4. The molecule has 0 radical (unpaired) electrons. The van der Waals surface area contributed by atoms with Crippen molar-refractivity contribution in [2.24, 2.45) is 50.7 Å². The summed E-state index contributed by atoms with van der Waals surface area (Å²) in [5, 5.41) is 23.7. The lowest BCUT2D eigenvalue weighted by Crippen LogP contribution is -2.60. The quantitative estimate of drug-likeness (QED) is 0.311. The molecule has 14 atom stereocenters. The van der Waals surface area contributed by atoms with Gasteiger partial charge in [-0.05, 0) is 117 Å². The summed E-state index contributed by atoms with van der Waals surface area (Å²) in [4.78, 5) is 8.02. The van der Waals surface area contributed by atoms with E-state index >= 15 is 0 Å². The van der Waals surface area contributed by atoms with Crippen molar-refractivity contribution in [1.29, 1.82) is 0 Å². The van der Waals surface area contributed by atoms with Crippen LogP contribution in [0, 0.1) is 50.7 Å². The van der Waals surface area contributed by atoms with E-state index in [1.165, 1.54) is 37.0 Å². The summed E-state index contributed by atoms with van der Waals surface area (Å²) in [7, 11) is 0. The number of ether oxygens (including phenoxy) is 4. The maximum atomic E-state index is 12.6. The molecule has 7 aliphatic rings. The molecule has 276 valence electrons. The van der Waals surface area contributed by atoms with Crippen LogP contribution in [0.5, 0.6) is 0 Å². The molecule has 2 spiro atoms. The number of fused-ring (bicyclic) bond motifs is 4. The summed E-state index contributed by atoms with van der Waals surface area (Å²) < 4.78 is 26.3. The first-order valence-electron chi connectivity index (χ1n) is 19.7. The monoisotopic (exact) mass is 700 g/mol. The molecule has 2 N–H and O–H groups in total. The molecule has 1 aromatic rings. The van der Waals surface area contributed by atoms with Crippen molar-refractivity contribution in [2.75, 3.05) is 26.3 Å². The number of aliphatic hydroxyl groups is 2. The van der Waals surface area contributed by atoms with Crippen molar-refractivity contribution in [3.8, 4) is 0 Å². The third kappa shape index (κ3) is 5.01. The molecule has 3 heterocycles. The number of thiazole rings is 1. The lowest BCUT2D eigenvalue weighted by Gasteiger charge is -2.64. The summed E-state index contributed by atoms with van der Waals surface area (Å²) in [5.74, 6) is 1.82. The van der Waals surface area contributed by atoms with Gasteiger partial charge in [-0.25, -0.2) is 0 Å². The highest BCUT2D eigenvalue weighted by Gasteiger charge is 2.84. The van der Waals surface area contributed by atoms with Gasteiger partial charge >= 0.3 is 0 Å². The zero-order valence-corrected chi connectivity index (χ0v) is 32.3. The van der Waals surface area contributed by atoms with E-state index in [-0.39, 0.29) is 40.8 Å². The van der Waals surface area contributed by atoms with E-state index in [1.807, 2.05) is 32.5 Å². The lowest BCUT2D eigenvalue weighted by atomic mass is 9.41. The second-order valence-corrected chi connectivity index (χ2v) is 20.2. The van der Waals surface area contributed by atoms with E-state index in [1.54, 1.807) is 11.3 Å². The molecule has 49 heavy (non-hydrogen) atoms. The van der Waals surface area contributed by atoms with Crippen molar-refractivity contribution >= 4 is 11.3 Å². The fourth-order valence-electron chi connectivity index (χ4n) is 14.3. The van der Waals surface area contributed by atoms with E-state index in [4.69, 9.17) is 18.9 Å². The number of hydrogen-bond donors (Lipinski definition) is 2. The Kier molecular flexibility index (Phi) is 8.61. The minimum atomic E-state index is -1.01. The summed E-state index contributed by atoms with van der Waals surface area (Å²) in [6.07, 6.45) is 9.93. The van der Waals surface area contributed by atoms with Gasteiger partial charge in [-0.3, -0.25) is 9.88 Å². The topological polar surface area (TPSA) is 93.5 Å². The van der Waals surface area contributed by atoms with Gasteiger partial charge in [0.25, 0.3) is 0 Å². The average Bonchev–Trinajstić information content (AvgIpc) is 3.33. The molecule has 8 nitrogen and oxygen atoms in total. The Morgan fingerprint density at radius 1 is 1.10 bits per heavy atom. The molecule has 0 amide bonds. The molecule has 2 saturated heterocycles. The Bertz CT molecular complexity index is 1370. The van der Waals surface area contributed by atoms with Gasteiger partial charge in [-0.2, -0.15) is 0 Å². The van der Waals surface area contributed by atoms with E-state index in [0.717, 1.165) is 38.9 Å². The third-order valence-corrected chi connectivity index (χ3v) is 17.2. The molecule has 0 aromatic carbocycles. The van der Waals surface area contributed by atoms with Crippen LogP contribution in [0.15, 0.2) is 11.7 Å². The van der Waals surface area contributed by atoms with Gasteiger partial charge in [0, 0.05) is 42.7 Å². The number of morpholine rings is 1. The van der Waals surface area contributed by atoms with Gasteiger partial charge in [0.1, 0.15) is 6.10 Å². The van der Waals surface area contributed by atoms with Crippen LogP contribution in [0.4, 0.5) is 0 Å². The molecule has 2 aliphatic heterocycles. The van der Waals surface area contributed by atoms with Crippen molar-refractivity contribution in [1.82, 2.24) is 9.88 Å². The summed E-state index contributed by atoms with van der Waals surface area (Å²) in [6, 6.07) is 0. The number of nitrogens with zero attached hydrogens (tertiary/aromatic N) is 2. The Balaban J connectivity index is 1.01. The minimum absolute atomic E-state index is 0.0169. The van der Waals surface area contributed by atoms with Crippen LogP contribution in [0.1, 0.15) is 112 Å². The van der Waals surface area contributed by atoms with E-state index in [2.05, 4.69) is 44.5 Å². The zero-order chi connectivity index (χ0) is 34.8. The summed E-state index contributed by atoms with van der Waals surface area (Å²) in [5.41, 5.74) is 1.43. The molecule has 0 bridgehead atoms.